The first-order valence-corrected chi connectivity index (χ1v) is 5.28. The lowest BCUT2D eigenvalue weighted by Gasteiger charge is -2.20. The molecular formula is C12H19N3. The van der Waals surface area contributed by atoms with Crippen LogP contribution in [0.25, 0.3) is 0 Å². The van der Waals surface area contributed by atoms with E-state index in [0.29, 0.717) is 0 Å². The summed E-state index contributed by atoms with van der Waals surface area (Å²) in [7, 11) is 1.93. The highest BCUT2D eigenvalue weighted by Crippen LogP contribution is 2.10. The third-order valence-corrected chi connectivity index (χ3v) is 2.21. The first-order valence-electron chi connectivity index (χ1n) is 5.28. The van der Waals surface area contributed by atoms with Crippen molar-refractivity contribution < 1.29 is 0 Å². The molecule has 0 spiro atoms. The van der Waals surface area contributed by atoms with Gasteiger partial charge in [0.1, 0.15) is 5.82 Å². The Balaban J connectivity index is 2.81. The van der Waals surface area contributed by atoms with E-state index in [-0.39, 0.29) is 0 Å². The molecule has 0 unspecified atom stereocenters. The third-order valence-electron chi connectivity index (χ3n) is 2.21. The van der Waals surface area contributed by atoms with Crippen LogP contribution in [0.1, 0.15) is 12.6 Å². The monoisotopic (exact) mass is 205 g/mol. The number of hydrogen-bond donors (Lipinski definition) is 1. The molecule has 82 valence electrons. The predicted molar refractivity (Wildman–Crippen MR) is 65.1 cm³/mol. The second-order valence-electron chi connectivity index (χ2n) is 3.34. The minimum Gasteiger partial charge on any atom is -0.353 e. The summed E-state index contributed by atoms with van der Waals surface area (Å²) >= 11 is 0. The number of hydrogen-bond acceptors (Lipinski definition) is 3. The van der Waals surface area contributed by atoms with Crippen LogP contribution >= 0.6 is 0 Å². The van der Waals surface area contributed by atoms with E-state index in [1.807, 2.05) is 31.3 Å². The quantitative estimate of drug-likeness (QED) is 0.718. The molecule has 0 aliphatic carbocycles. The van der Waals surface area contributed by atoms with Crippen molar-refractivity contribution in [3.05, 3.63) is 36.5 Å². The largest absolute Gasteiger partial charge is 0.353 e. The van der Waals surface area contributed by atoms with Crippen molar-refractivity contribution in [2.75, 3.05) is 25.0 Å². The van der Waals surface area contributed by atoms with Gasteiger partial charge in [-0.2, -0.15) is 0 Å². The third kappa shape index (κ3) is 3.36. The standard InChI is InChI=1S/C12H19N3/c1-4-9-15(5-2)12-8-6-7-11(14-12)10-13-3/h4,6-8,13H,1,5,9-10H2,2-3H3. The number of pyridine rings is 1. The molecule has 0 radical (unpaired) electrons. The van der Waals surface area contributed by atoms with E-state index in [0.717, 1.165) is 31.1 Å². The second-order valence-corrected chi connectivity index (χ2v) is 3.34. The Morgan fingerprint density at radius 3 is 2.93 bits per heavy atom. The minimum absolute atomic E-state index is 0.805. The van der Waals surface area contributed by atoms with E-state index in [4.69, 9.17) is 0 Å². The Morgan fingerprint density at radius 2 is 2.33 bits per heavy atom. The van der Waals surface area contributed by atoms with Crippen LogP contribution < -0.4 is 10.2 Å². The molecule has 1 rings (SSSR count). The summed E-state index contributed by atoms with van der Waals surface area (Å²) in [5.41, 5.74) is 1.07. The molecule has 0 saturated carbocycles. The maximum Gasteiger partial charge on any atom is 0.129 e. The molecule has 1 heterocycles. The van der Waals surface area contributed by atoms with Gasteiger partial charge in [-0.3, -0.25) is 0 Å². The Morgan fingerprint density at radius 1 is 1.53 bits per heavy atom. The Labute approximate surface area is 91.8 Å². The van der Waals surface area contributed by atoms with Gasteiger partial charge in [0.25, 0.3) is 0 Å². The first kappa shape index (κ1) is 11.7. The summed E-state index contributed by atoms with van der Waals surface area (Å²) in [6, 6.07) is 6.11. The normalized spacial score (nSPS) is 10.0. The lowest BCUT2D eigenvalue weighted by atomic mass is 10.3. The number of anilines is 1. The van der Waals surface area contributed by atoms with E-state index < -0.39 is 0 Å². The summed E-state index contributed by atoms with van der Waals surface area (Å²) in [4.78, 5) is 6.75. The number of rotatable bonds is 6. The molecular weight excluding hydrogens is 186 g/mol. The van der Waals surface area contributed by atoms with Gasteiger partial charge in [-0.05, 0) is 26.1 Å². The van der Waals surface area contributed by atoms with Crippen molar-refractivity contribution in [3.63, 3.8) is 0 Å². The molecule has 0 aliphatic rings. The highest BCUT2D eigenvalue weighted by molar-refractivity contribution is 5.39. The van der Waals surface area contributed by atoms with Crippen LogP contribution in [0.2, 0.25) is 0 Å². The van der Waals surface area contributed by atoms with Gasteiger partial charge in [0.2, 0.25) is 0 Å². The van der Waals surface area contributed by atoms with Crippen LogP contribution in [-0.4, -0.2) is 25.1 Å². The Bertz CT molecular complexity index is 309. The fourth-order valence-electron chi connectivity index (χ4n) is 1.46. The van der Waals surface area contributed by atoms with Gasteiger partial charge in [0, 0.05) is 19.6 Å². The van der Waals surface area contributed by atoms with E-state index in [1.165, 1.54) is 0 Å². The number of nitrogens with zero attached hydrogens (tertiary/aromatic N) is 2. The molecule has 0 aromatic carbocycles. The SMILES string of the molecule is C=CCN(CC)c1cccc(CNC)n1. The summed E-state index contributed by atoms with van der Waals surface area (Å²) in [6.45, 7) is 8.46. The fraction of sp³-hybridized carbons (Fsp3) is 0.417. The van der Waals surface area contributed by atoms with Crippen molar-refractivity contribution >= 4 is 5.82 Å². The van der Waals surface area contributed by atoms with Crippen molar-refractivity contribution in [1.82, 2.24) is 10.3 Å². The molecule has 0 saturated heterocycles. The lowest BCUT2D eigenvalue weighted by Crippen LogP contribution is -2.24. The van der Waals surface area contributed by atoms with Gasteiger partial charge < -0.3 is 10.2 Å². The molecule has 3 heteroatoms. The molecule has 3 nitrogen and oxygen atoms in total. The zero-order valence-corrected chi connectivity index (χ0v) is 9.53. The van der Waals surface area contributed by atoms with Crippen LogP contribution in [0, 0.1) is 0 Å². The Kier molecular flexibility index (Phi) is 4.84. The average molecular weight is 205 g/mol. The zero-order chi connectivity index (χ0) is 11.1. The van der Waals surface area contributed by atoms with Crippen LogP contribution in [0.4, 0.5) is 5.82 Å². The van der Waals surface area contributed by atoms with E-state index >= 15 is 0 Å². The lowest BCUT2D eigenvalue weighted by molar-refractivity contribution is 0.782. The van der Waals surface area contributed by atoms with Crippen LogP contribution in [0.5, 0.6) is 0 Å². The molecule has 0 aliphatic heterocycles. The van der Waals surface area contributed by atoms with Crippen molar-refractivity contribution in [2.24, 2.45) is 0 Å². The zero-order valence-electron chi connectivity index (χ0n) is 9.53. The maximum atomic E-state index is 4.57. The second kappa shape index (κ2) is 6.19. The molecule has 1 aromatic rings. The van der Waals surface area contributed by atoms with Crippen LogP contribution in [0.15, 0.2) is 30.9 Å². The summed E-state index contributed by atoms with van der Waals surface area (Å²) < 4.78 is 0. The van der Waals surface area contributed by atoms with Gasteiger partial charge >= 0.3 is 0 Å². The van der Waals surface area contributed by atoms with Gasteiger partial charge in [-0.25, -0.2) is 4.98 Å². The number of likely N-dealkylation sites (N-methyl/N-ethyl adjacent to an activating group) is 1. The van der Waals surface area contributed by atoms with E-state index in [9.17, 15) is 0 Å². The van der Waals surface area contributed by atoms with Crippen molar-refractivity contribution in [1.29, 1.82) is 0 Å². The topological polar surface area (TPSA) is 28.2 Å². The van der Waals surface area contributed by atoms with E-state index in [2.05, 4.69) is 28.7 Å². The summed E-state index contributed by atoms with van der Waals surface area (Å²) in [5.74, 6) is 1.02. The molecule has 0 bridgehead atoms. The first-order chi connectivity index (χ1) is 7.31. The molecule has 0 amide bonds. The molecule has 15 heavy (non-hydrogen) atoms. The highest BCUT2D eigenvalue weighted by atomic mass is 15.2. The number of nitrogens with one attached hydrogen (secondary N) is 1. The predicted octanol–water partition coefficient (Wildman–Crippen LogP) is 1.81. The molecule has 0 fully saturated rings. The Hall–Kier alpha value is -1.35. The molecule has 0 atom stereocenters. The van der Waals surface area contributed by atoms with Gasteiger partial charge in [-0.15, -0.1) is 6.58 Å². The van der Waals surface area contributed by atoms with E-state index in [1.54, 1.807) is 0 Å². The molecule has 1 N–H and O–H groups in total. The van der Waals surface area contributed by atoms with Gasteiger partial charge in [0.05, 0.1) is 5.69 Å². The van der Waals surface area contributed by atoms with Crippen molar-refractivity contribution in [2.45, 2.75) is 13.5 Å². The maximum absolute atomic E-state index is 4.57. The average Bonchev–Trinajstić information content (AvgIpc) is 2.27. The van der Waals surface area contributed by atoms with Crippen LogP contribution in [0.3, 0.4) is 0 Å². The summed E-state index contributed by atoms with van der Waals surface area (Å²) in [6.07, 6.45) is 1.90. The minimum atomic E-state index is 0.805. The number of aromatic nitrogens is 1. The van der Waals surface area contributed by atoms with Crippen LogP contribution in [-0.2, 0) is 6.54 Å². The fourth-order valence-corrected chi connectivity index (χ4v) is 1.46. The van der Waals surface area contributed by atoms with Crippen molar-refractivity contribution in [3.8, 4) is 0 Å². The summed E-state index contributed by atoms with van der Waals surface area (Å²) in [5, 5.41) is 3.10. The smallest absolute Gasteiger partial charge is 0.129 e. The van der Waals surface area contributed by atoms with Gasteiger partial charge in [-0.1, -0.05) is 12.1 Å². The highest BCUT2D eigenvalue weighted by Gasteiger charge is 2.03. The molecule has 1 aromatic heterocycles. The van der Waals surface area contributed by atoms with Gasteiger partial charge in [0.15, 0.2) is 0 Å².